The smallest absolute Gasteiger partial charge is 0.170 e. The molecule has 0 bridgehead atoms. The normalized spacial score (nSPS) is 17.1. The van der Waals surface area contributed by atoms with E-state index in [2.05, 4.69) is 92.7 Å². The highest BCUT2D eigenvalue weighted by Gasteiger charge is 2.58. The van der Waals surface area contributed by atoms with Crippen molar-refractivity contribution in [3.8, 4) is 55.6 Å². The van der Waals surface area contributed by atoms with Gasteiger partial charge in [-0.15, -0.1) is 0 Å². The highest BCUT2D eigenvalue weighted by Crippen LogP contribution is 2.57. The van der Waals surface area contributed by atoms with Crippen molar-refractivity contribution in [1.29, 1.82) is 0 Å². The lowest BCUT2D eigenvalue weighted by Gasteiger charge is -2.30. The molecular formula is C44H35F3. The first-order valence-electron chi connectivity index (χ1n) is 16.5. The van der Waals surface area contributed by atoms with Crippen LogP contribution in [0.15, 0.2) is 133 Å². The average Bonchev–Trinajstić information content (AvgIpc) is 3.54. The monoisotopic (exact) mass is 620 g/mol. The van der Waals surface area contributed by atoms with Crippen LogP contribution in [-0.2, 0) is 10.8 Å². The van der Waals surface area contributed by atoms with Gasteiger partial charge in [0.05, 0.1) is 0 Å². The van der Waals surface area contributed by atoms with Crippen LogP contribution in [-0.4, -0.2) is 6.18 Å². The topological polar surface area (TPSA) is 0 Å². The Kier molecular flexibility index (Phi) is 6.63. The maximum Gasteiger partial charge on any atom is 0.402 e. The van der Waals surface area contributed by atoms with E-state index >= 15 is 0 Å². The predicted molar refractivity (Wildman–Crippen MR) is 187 cm³/mol. The highest BCUT2D eigenvalue weighted by atomic mass is 19.4. The van der Waals surface area contributed by atoms with Crippen molar-refractivity contribution in [2.24, 2.45) is 0 Å². The molecule has 2 aliphatic carbocycles. The molecule has 0 amide bonds. The zero-order valence-corrected chi connectivity index (χ0v) is 26.7. The van der Waals surface area contributed by atoms with Crippen LogP contribution >= 0.6 is 0 Å². The molecule has 6 aromatic carbocycles. The maximum atomic E-state index is 14.7. The molecule has 3 heteroatoms. The van der Waals surface area contributed by atoms with Gasteiger partial charge in [0.2, 0.25) is 0 Å². The Bertz CT molecular complexity index is 2150. The number of halogens is 3. The van der Waals surface area contributed by atoms with E-state index in [1.807, 2.05) is 30.3 Å². The van der Waals surface area contributed by atoms with E-state index in [4.69, 9.17) is 0 Å². The Balaban J connectivity index is 1.16. The summed E-state index contributed by atoms with van der Waals surface area (Å²) in [7, 11) is 0. The van der Waals surface area contributed by atoms with Crippen molar-refractivity contribution in [1.82, 2.24) is 0 Å². The number of hydrogen-bond acceptors (Lipinski definition) is 0. The molecule has 0 N–H and O–H groups in total. The third-order valence-corrected chi connectivity index (χ3v) is 11.1. The molecule has 0 radical (unpaired) electrons. The van der Waals surface area contributed by atoms with Crippen LogP contribution in [0.3, 0.4) is 0 Å². The summed E-state index contributed by atoms with van der Waals surface area (Å²) in [4.78, 5) is 0. The van der Waals surface area contributed by atoms with Crippen LogP contribution in [0.25, 0.3) is 55.6 Å². The Labute approximate surface area is 274 Å². The minimum atomic E-state index is -4.42. The molecule has 232 valence electrons. The summed E-state index contributed by atoms with van der Waals surface area (Å²) < 4.78 is 44.0. The summed E-state index contributed by atoms with van der Waals surface area (Å²) in [6.07, 6.45) is -2.41. The van der Waals surface area contributed by atoms with Crippen LogP contribution in [0.1, 0.15) is 55.9 Å². The number of alkyl halides is 3. The van der Waals surface area contributed by atoms with Crippen molar-refractivity contribution in [3.05, 3.63) is 156 Å². The Morgan fingerprint density at radius 2 is 0.809 bits per heavy atom. The summed E-state index contributed by atoms with van der Waals surface area (Å²) in [5.74, 6) is 0. The van der Waals surface area contributed by atoms with Crippen LogP contribution in [0.5, 0.6) is 0 Å². The molecule has 0 aliphatic heterocycles. The highest BCUT2D eigenvalue weighted by molar-refractivity contribution is 5.87. The van der Waals surface area contributed by atoms with Crippen molar-refractivity contribution in [2.75, 3.05) is 0 Å². The minimum Gasteiger partial charge on any atom is -0.170 e. The van der Waals surface area contributed by atoms with Gasteiger partial charge in [-0.25, -0.2) is 0 Å². The van der Waals surface area contributed by atoms with Crippen molar-refractivity contribution < 1.29 is 13.2 Å². The first-order chi connectivity index (χ1) is 22.7. The second-order valence-corrected chi connectivity index (χ2v) is 13.2. The van der Waals surface area contributed by atoms with E-state index < -0.39 is 11.6 Å². The van der Waals surface area contributed by atoms with Crippen molar-refractivity contribution in [3.63, 3.8) is 0 Å². The summed E-state index contributed by atoms with van der Waals surface area (Å²) in [6, 6.07) is 45.0. The quantitative estimate of drug-likeness (QED) is 0.180. The second kappa shape index (κ2) is 10.6. The fourth-order valence-electron chi connectivity index (χ4n) is 8.33. The van der Waals surface area contributed by atoms with Crippen LogP contribution in [0.2, 0.25) is 0 Å². The molecule has 47 heavy (non-hydrogen) atoms. The molecule has 6 aromatic rings. The molecule has 0 spiro atoms. The van der Waals surface area contributed by atoms with Gasteiger partial charge in [-0.2, -0.15) is 13.2 Å². The number of benzene rings is 6. The van der Waals surface area contributed by atoms with E-state index in [9.17, 15) is 13.2 Å². The lowest BCUT2D eigenvalue weighted by atomic mass is 9.73. The van der Waals surface area contributed by atoms with Crippen LogP contribution < -0.4 is 0 Å². The summed E-state index contributed by atoms with van der Waals surface area (Å²) in [6.45, 7) is 5.89. The molecule has 2 aliphatic rings. The van der Waals surface area contributed by atoms with Gasteiger partial charge < -0.3 is 0 Å². The minimum absolute atomic E-state index is 0.0709. The van der Waals surface area contributed by atoms with Crippen molar-refractivity contribution in [2.45, 2.75) is 50.6 Å². The number of fused-ring (bicyclic) bond motifs is 6. The Hall–Kier alpha value is -4.89. The van der Waals surface area contributed by atoms with Gasteiger partial charge >= 0.3 is 6.18 Å². The predicted octanol–water partition coefficient (Wildman–Crippen LogP) is 12.6. The largest absolute Gasteiger partial charge is 0.402 e. The maximum absolute atomic E-state index is 14.7. The molecule has 0 nitrogen and oxygen atoms in total. The fourth-order valence-corrected chi connectivity index (χ4v) is 8.33. The zero-order chi connectivity index (χ0) is 32.6. The standard InChI is InChI=1S/C44H35F3/c1-4-43(5-2)40-26-32(28-11-7-6-8-12-28)20-23-36(40)37-24-21-33(27-41(37)43)30-17-15-29(16-18-30)31-19-22-35-34-13-9-10-14-38(34)42(3,39(35)25-31)44(45,46)47/h6-27H,4-5H2,1-3H3. The Morgan fingerprint density at radius 1 is 0.426 bits per heavy atom. The van der Waals surface area contributed by atoms with E-state index in [0.717, 1.165) is 35.1 Å². The van der Waals surface area contributed by atoms with Crippen LogP contribution in [0.4, 0.5) is 13.2 Å². The molecule has 1 atom stereocenters. The zero-order valence-electron chi connectivity index (χ0n) is 26.7. The molecule has 0 saturated carbocycles. The first kappa shape index (κ1) is 29.5. The lowest BCUT2D eigenvalue weighted by Crippen LogP contribution is -2.38. The van der Waals surface area contributed by atoms with Crippen molar-refractivity contribution >= 4 is 0 Å². The number of rotatable bonds is 5. The SMILES string of the molecule is CCC1(CC)c2cc(-c3ccccc3)ccc2-c2ccc(-c3ccc(-c4ccc5c(c4)C(C)(C(F)(F)F)c4ccccc4-5)cc3)cc21. The molecule has 8 rings (SSSR count). The van der Waals surface area contributed by atoms with Gasteiger partial charge in [0, 0.05) is 5.41 Å². The summed E-state index contributed by atoms with van der Waals surface area (Å²) in [5.41, 5.74) is 11.6. The van der Waals surface area contributed by atoms with E-state index in [1.54, 1.807) is 24.3 Å². The molecular weight excluding hydrogens is 585 g/mol. The molecule has 0 fully saturated rings. The lowest BCUT2D eigenvalue weighted by molar-refractivity contribution is -0.172. The Morgan fingerprint density at radius 3 is 1.30 bits per heavy atom. The fraction of sp³-hybridized carbons (Fsp3) is 0.182. The van der Waals surface area contributed by atoms with Gasteiger partial charge in [0.1, 0.15) is 5.41 Å². The third-order valence-electron chi connectivity index (χ3n) is 11.1. The summed E-state index contributed by atoms with van der Waals surface area (Å²) >= 11 is 0. The van der Waals surface area contributed by atoms with E-state index in [-0.39, 0.29) is 5.41 Å². The average molecular weight is 621 g/mol. The van der Waals surface area contributed by atoms with Gasteiger partial charge in [0.15, 0.2) is 0 Å². The van der Waals surface area contributed by atoms with Gasteiger partial charge in [-0.3, -0.25) is 0 Å². The van der Waals surface area contributed by atoms with Gasteiger partial charge in [-0.1, -0.05) is 129 Å². The molecule has 0 aromatic heterocycles. The molecule has 0 heterocycles. The van der Waals surface area contributed by atoms with E-state index in [1.165, 1.54) is 40.3 Å². The van der Waals surface area contributed by atoms with Gasteiger partial charge in [0.25, 0.3) is 0 Å². The first-order valence-corrected chi connectivity index (χ1v) is 16.5. The van der Waals surface area contributed by atoms with E-state index in [0.29, 0.717) is 22.3 Å². The summed E-state index contributed by atoms with van der Waals surface area (Å²) in [5, 5.41) is 0. The van der Waals surface area contributed by atoms with Gasteiger partial charge in [-0.05, 0) is 116 Å². The third kappa shape index (κ3) is 4.22. The number of hydrogen-bond donors (Lipinski definition) is 0. The second-order valence-electron chi connectivity index (χ2n) is 13.2. The molecule has 0 saturated heterocycles. The molecule has 1 unspecified atom stereocenters. The van der Waals surface area contributed by atoms with Crippen LogP contribution in [0, 0.1) is 0 Å².